The summed E-state index contributed by atoms with van der Waals surface area (Å²) in [6.45, 7) is 10.2. The molecular weight excluding hydrogens is 434 g/mol. The van der Waals surface area contributed by atoms with Crippen LogP contribution in [0, 0.1) is 0 Å². The fourth-order valence-corrected chi connectivity index (χ4v) is 5.07. The lowest BCUT2D eigenvalue weighted by atomic mass is 9.93. The highest BCUT2D eigenvalue weighted by Crippen LogP contribution is 2.39. The van der Waals surface area contributed by atoms with Crippen LogP contribution < -0.4 is 15.5 Å². The first-order valence-electron chi connectivity index (χ1n) is 11.6. The number of carbonyl (C=O) groups excluding carboxylic acids is 1. The maximum atomic E-state index is 12.2. The normalized spacial score (nSPS) is 14.2. The zero-order valence-electron chi connectivity index (χ0n) is 20.6. The molecule has 1 aromatic carbocycles. The third kappa shape index (κ3) is 7.08. The van der Waals surface area contributed by atoms with Crippen LogP contribution in [-0.4, -0.2) is 54.6 Å². The number of benzene rings is 1. The summed E-state index contributed by atoms with van der Waals surface area (Å²) in [5.41, 5.74) is 2.65. The van der Waals surface area contributed by atoms with Gasteiger partial charge in [0.1, 0.15) is 5.82 Å². The minimum atomic E-state index is -0.163. The van der Waals surface area contributed by atoms with Crippen LogP contribution in [0.25, 0.3) is 11.4 Å². The summed E-state index contributed by atoms with van der Waals surface area (Å²) < 4.78 is 5.09. The van der Waals surface area contributed by atoms with E-state index in [4.69, 9.17) is 14.7 Å². The number of hydrogen-bond acceptors (Lipinski definition) is 6. The third-order valence-corrected chi connectivity index (χ3v) is 6.99. The van der Waals surface area contributed by atoms with Crippen molar-refractivity contribution < 1.29 is 9.53 Å². The van der Waals surface area contributed by atoms with E-state index in [-0.39, 0.29) is 10.8 Å². The molecule has 33 heavy (non-hydrogen) atoms. The molecule has 1 fully saturated rings. The highest BCUT2D eigenvalue weighted by atomic mass is 32.2. The van der Waals surface area contributed by atoms with E-state index >= 15 is 0 Å². The number of hydrogen-bond donors (Lipinski definition) is 2. The molecule has 0 unspecified atom stereocenters. The van der Waals surface area contributed by atoms with E-state index < -0.39 is 0 Å². The van der Waals surface area contributed by atoms with Gasteiger partial charge in [0.25, 0.3) is 0 Å². The van der Waals surface area contributed by atoms with Crippen molar-refractivity contribution in [2.45, 2.75) is 63.0 Å². The number of aromatic nitrogens is 2. The van der Waals surface area contributed by atoms with Gasteiger partial charge in [-0.15, -0.1) is 11.8 Å². The molecule has 3 rings (SSSR count). The molecule has 7 nitrogen and oxygen atoms in total. The van der Waals surface area contributed by atoms with Crippen molar-refractivity contribution in [3.63, 3.8) is 0 Å². The van der Waals surface area contributed by atoms with Gasteiger partial charge < -0.3 is 20.3 Å². The lowest BCUT2D eigenvalue weighted by molar-refractivity contribution is 0.206. The average molecular weight is 472 g/mol. The first kappa shape index (κ1) is 25.3. The molecule has 2 amide bonds. The predicted octanol–water partition coefficient (Wildman–Crippen LogP) is 5.28. The fourth-order valence-electron chi connectivity index (χ4n) is 3.67. The molecule has 0 bridgehead atoms. The number of methoxy groups -OCH3 is 1. The first-order valence-corrected chi connectivity index (χ1v) is 12.5. The number of urea groups is 1. The Kier molecular flexibility index (Phi) is 8.59. The Hall–Kier alpha value is -2.32. The van der Waals surface area contributed by atoms with Gasteiger partial charge in [0.05, 0.1) is 17.0 Å². The zero-order chi connectivity index (χ0) is 24.0. The van der Waals surface area contributed by atoms with Gasteiger partial charge in [0, 0.05) is 44.1 Å². The Bertz CT molecular complexity index is 929. The molecule has 1 aromatic heterocycles. The molecule has 180 valence electrons. The highest BCUT2D eigenvalue weighted by molar-refractivity contribution is 8.00. The van der Waals surface area contributed by atoms with Crippen molar-refractivity contribution in [2.75, 3.05) is 37.5 Å². The SMILES string of the molecule is COCCN(C)c1cc(C(C)(C)SC(C)C)nc(-c2ccc(NC(=O)NC3CCC3)cc2)n1. The summed E-state index contributed by atoms with van der Waals surface area (Å²) in [6.07, 6.45) is 3.31. The topological polar surface area (TPSA) is 79.4 Å². The molecule has 0 radical (unpaired) electrons. The Morgan fingerprint density at radius 3 is 2.52 bits per heavy atom. The summed E-state index contributed by atoms with van der Waals surface area (Å²) in [4.78, 5) is 24.0. The van der Waals surface area contributed by atoms with E-state index in [2.05, 4.69) is 49.3 Å². The van der Waals surface area contributed by atoms with Crippen molar-refractivity contribution in [1.82, 2.24) is 15.3 Å². The standard InChI is InChI=1S/C25H37N5O2S/c1-17(2)33-25(3,4)21-16-22(30(5)14-15-32-6)29-23(28-21)18-10-12-20(13-11-18)27-24(31)26-19-8-7-9-19/h10-13,16-17,19H,7-9,14-15H2,1-6H3,(H2,26,27,31). The Balaban J connectivity index is 1.85. The number of thioether (sulfide) groups is 1. The molecule has 1 saturated carbocycles. The van der Waals surface area contributed by atoms with Gasteiger partial charge in [-0.3, -0.25) is 0 Å². The van der Waals surface area contributed by atoms with Crippen LogP contribution in [0.3, 0.4) is 0 Å². The minimum absolute atomic E-state index is 0.153. The maximum Gasteiger partial charge on any atom is 0.319 e. The smallest absolute Gasteiger partial charge is 0.319 e. The summed E-state index contributed by atoms with van der Waals surface area (Å²) in [5, 5.41) is 6.38. The molecule has 8 heteroatoms. The number of rotatable bonds is 10. The average Bonchev–Trinajstić information content (AvgIpc) is 2.74. The number of anilines is 2. The molecule has 2 N–H and O–H groups in total. The van der Waals surface area contributed by atoms with Gasteiger partial charge >= 0.3 is 6.03 Å². The van der Waals surface area contributed by atoms with Crippen LogP contribution >= 0.6 is 11.8 Å². The van der Waals surface area contributed by atoms with E-state index in [9.17, 15) is 4.79 Å². The molecule has 1 heterocycles. The van der Waals surface area contributed by atoms with E-state index in [0.29, 0.717) is 23.7 Å². The second kappa shape index (κ2) is 11.2. The number of amides is 2. The fraction of sp³-hybridized carbons (Fsp3) is 0.560. The molecule has 1 aliphatic carbocycles. The third-order valence-electron chi connectivity index (χ3n) is 5.72. The quantitative estimate of drug-likeness (QED) is 0.491. The van der Waals surface area contributed by atoms with Gasteiger partial charge in [0.15, 0.2) is 5.82 Å². The van der Waals surface area contributed by atoms with Gasteiger partial charge in [-0.2, -0.15) is 0 Å². The molecule has 0 aliphatic heterocycles. The molecular formula is C25H37N5O2S. The van der Waals surface area contributed by atoms with E-state index in [1.807, 2.05) is 43.1 Å². The monoisotopic (exact) mass is 471 g/mol. The van der Waals surface area contributed by atoms with Crippen LogP contribution in [0.1, 0.15) is 52.7 Å². The second-order valence-electron chi connectivity index (χ2n) is 9.33. The van der Waals surface area contributed by atoms with Gasteiger partial charge in [-0.1, -0.05) is 13.8 Å². The first-order chi connectivity index (χ1) is 15.7. The van der Waals surface area contributed by atoms with Gasteiger partial charge in [0.2, 0.25) is 0 Å². The largest absolute Gasteiger partial charge is 0.383 e. The molecule has 0 atom stereocenters. The Morgan fingerprint density at radius 1 is 1.24 bits per heavy atom. The second-order valence-corrected chi connectivity index (χ2v) is 11.5. The zero-order valence-corrected chi connectivity index (χ0v) is 21.5. The number of likely N-dealkylation sites (N-methyl/N-ethyl adjacent to an activating group) is 1. The van der Waals surface area contributed by atoms with E-state index in [1.165, 1.54) is 6.42 Å². The van der Waals surface area contributed by atoms with Crippen molar-refractivity contribution in [3.8, 4) is 11.4 Å². The van der Waals surface area contributed by atoms with Gasteiger partial charge in [-0.05, 0) is 62.6 Å². The number of carbonyl (C=O) groups is 1. The molecule has 2 aromatic rings. The van der Waals surface area contributed by atoms with Crippen LogP contribution in [0.4, 0.5) is 16.3 Å². The van der Waals surface area contributed by atoms with E-state index in [0.717, 1.165) is 42.1 Å². The molecule has 0 spiro atoms. The summed E-state index contributed by atoms with van der Waals surface area (Å²) in [5.74, 6) is 1.54. The predicted molar refractivity (Wildman–Crippen MR) is 138 cm³/mol. The van der Waals surface area contributed by atoms with Crippen LogP contribution in [0.15, 0.2) is 30.3 Å². The van der Waals surface area contributed by atoms with Crippen molar-refractivity contribution in [1.29, 1.82) is 0 Å². The lowest BCUT2D eigenvalue weighted by Crippen LogP contribution is -2.41. The Morgan fingerprint density at radius 2 is 1.94 bits per heavy atom. The van der Waals surface area contributed by atoms with Gasteiger partial charge in [-0.25, -0.2) is 14.8 Å². The number of nitrogens with zero attached hydrogens (tertiary/aromatic N) is 3. The number of nitrogens with one attached hydrogen (secondary N) is 2. The Labute approximate surface area is 202 Å². The lowest BCUT2D eigenvalue weighted by Gasteiger charge is -2.28. The minimum Gasteiger partial charge on any atom is -0.383 e. The van der Waals surface area contributed by atoms with Crippen molar-refractivity contribution in [3.05, 3.63) is 36.0 Å². The van der Waals surface area contributed by atoms with Crippen LogP contribution in [-0.2, 0) is 9.48 Å². The molecule has 0 saturated heterocycles. The van der Waals surface area contributed by atoms with Crippen molar-refractivity contribution in [2.24, 2.45) is 0 Å². The summed E-state index contributed by atoms with van der Waals surface area (Å²) in [7, 11) is 3.72. The highest BCUT2D eigenvalue weighted by Gasteiger charge is 2.26. The molecule has 1 aliphatic rings. The summed E-state index contributed by atoms with van der Waals surface area (Å²) in [6, 6.07) is 9.94. The number of ether oxygens (including phenoxy) is 1. The van der Waals surface area contributed by atoms with Crippen LogP contribution in [0.2, 0.25) is 0 Å². The summed E-state index contributed by atoms with van der Waals surface area (Å²) >= 11 is 1.88. The van der Waals surface area contributed by atoms with Crippen LogP contribution in [0.5, 0.6) is 0 Å². The van der Waals surface area contributed by atoms with E-state index in [1.54, 1.807) is 7.11 Å². The maximum absolute atomic E-state index is 12.2. The van der Waals surface area contributed by atoms with Crippen molar-refractivity contribution >= 4 is 29.3 Å².